The maximum Gasteiger partial charge on any atom is 0.416 e. The molecule has 0 bridgehead atoms. The van der Waals surface area contributed by atoms with E-state index in [1.165, 1.54) is 18.9 Å². The fraction of sp³-hybridized carbons (Fsp3) is 0.483. The number of amides is 1. The maximum absolute atomic E-state index is 13.2. The molecule has 1 atom stereocenters. The third-order valence-electron chi connectivity index (χ3n) is 6.58. The SMILES string of the molecule is CC1=C(/C=C\C(C)C(=O)N2CCc3nc(Cl)nc(NCc4cc(N)cc(C(F)(F)F)c4)c3C2)OCCO1.CCCC. The van der Waals surface area contributed by atoms with E-state index in [1.807, 2.05) is 0 Å². The van der Waals surface area contributed by atoms with Gasteiger partial charge in [0.2, 0.25) is 11.2 Å². The Morgan fingerprint density at radius 2 is 1.90 bits per heavy atom. The van der Waals surface area contributed by atoms with Crippen molar-refractivity contribution in [3.05, 3.63) is 69.5 Å². The first-order chi connectivity index (χ1) is 19.4. The Labute approximate surface area is 243 Å². The molecule has 224 valence electrons. The van der Waals surface area contributed by atoms with Crippen molar-refractivity contribution >= 4 is 29.0 Å². The van der Waals surface area contributed by atoms with Crippen LogP contribution in [0.1, 0.15) is 62.9 Å². The molecule has 0 radical (unpaired) electrons. The summed E-state index contributed by atoms with van der Waals surface area (Å²) < 4.78 is 50.6. The number of ether oxygens (including phenoxy) is 2. The lowest BCUT2D eigenvalue weighted by atomic mass is 10.0. The zero-order valence-corrected chi connectivity index (χ0v) is 24.5. The van der Waals surface area contributed by atoms with Gasteiger partial charge in [0, 0.05) is 30.8 Å². The number of alkyl halides is 3. The van der Waals surface area contributed by atoms with Crippen molar-refractivity contribution in [3.8, 4) is 0 Å². The van der Waals surface area contributed by atoms with E-state index in [0.717, 1.165) is 12.1 Å². The van der Waals surface area contributed by atoms with Crippen molar-refractivity contribution in [2.45, 2.75) is 66.2 Å². The molecule has 0 fully saturated rings. The lowest BCUT2D eigenvalue weighted by molar-refractivity contribution is -0.137. The molecule has 1 aromatic carbocycles. The second-order valence-corrected chi connectivity index (χ2v) is 10.2. The molecule has 2 aliphatic heterocycles. The van der Waals surface area contributed by atoms with E-state index in [0.29, 0.717) is 60.3 Å². The van der Waals surface area contributed by atoms with Crippen LogP contribution in [0.3, 0.4) is 0 Å². The number of nitrogens with zero attached hydrogens (tertiary/aromatic N) is 3. The summed E-state index contributed by atoms with van der Waals surface area (Å²) in [5.41, 5.74) is 6.54. The summed E-state index contributed by atoms with van der Waals surface area (Å²) in [5, 5.41) is 3.06. The van der Waals surface area contributed by atoms with Crippen molar-refractivity contribution < 1.29 is 27.4 Å². The minimum atomic E-state index is -4.51. The molecule has 3 N–H and O–H groups in total. The van der Waals surface area contributed by atoms with Gasteiger partial charge in [0.15, 0.2) is 5.76 Å². The lowest BCUT2D eigenvalue weighted by Crippen LogP contribution is -2.39. The predicted molar refractivity (Wildman–Crippen MR) is 153 cm³/mol. The van der Waals surface area contributed by atoms with Crippen LogP contribution in [0, 0.1) is 5.92 Å². The molecule has 2 aliphatic rings. The Kier molecular flexibility index (Phi) is 11.3. The molecule has 1 unspecified atom stereocenters. The maximum atomic E-state index is 13.2. The molecular formula is C29H37ClF3N5O3. The third-order valence-corrected chi connectivity index (χ3v) is 6.75. The summed E-state index contributed by atoms with van der Waals surface area (Å²) in [7, 11) is 0. The molecule has 1 amide bonds. The Morgan fingerprint density at radius 1 is 1.20 bits per heavy atom. The molecule has 0 spiro atoms. The van der Waals surface area contributed by atoms with E-state index in [9.17, 15) is 18.0 Å². The van der Waals surface area contributed by atoms with E-state index in [-0.39, 0.29) is 30.0 Å². The highest BCUT2D eigenvalue weighted by Gasteiger charge is 2.31. The first kappa shape index (κ1) is 32.0. The second kappa shape index (κ2) is 14.4. The van der Waals surface area contributed by atoms with E-state index < -0.39 is 17.7 Å². The van der Waals surface area contributed by atoms with Crippen LogP contribution in [-0.4, -0.2) is 40.5 Å². The summed E-state index contributed by atoms with van der Waals surface area (Å²) in [5.74, 6) is 1.11. The normalized spacial score (nSPS) is 15.9. The molecule has 3 heterocycles. The van der Waals surface area contributed by atoms with E-state index in [2.05, 4.69) is 29.1 Å². The minimum Gasteiger partial charge on any atom is -0.491 e. The molecule has 8 nitrogen and oxygen atoms in total. The summed E-state index contributed by atoms with van der Waals surface area (Å²) in [4.78, 5) is 23.4. The number of carbonyl (C=O) groups is 1. The number of unbranched alkanes of at least 4 members (excludes halogenated alkanes) is 1. The number of anilines is 2. The molecule has 41 heavy (non-hydrogen) atoms. The highest BCUT2D eigenvalue weighted by Crippen LogP contribution is 2.32. The Balaban J connectivity index is 0.00000108. The van der Waals surface area contributed by atoms with E-state index >= 15 is 0 Å². The number of nitrogens with two attached hydrogens (primary N) is 1. The predicted octanol–water partition coefficient (Wildman–Crippen LogP) is 6.50. The van der Waals surface area contributed by atoms with Gasteiger partial charge in [0.1, 0.15) is 24.8 Å². The molecule has 0 saturated carbocycles. The number of hydrogen-bond donors (Lipinski definition) is 2. The smallest absolute Gasteiger partial charge is 0.416 e. The van der Waals surface area contributed by atoms with E-state index in [4.69, 9.17) is 26.8 Å². The van der Waals surface area contributed by atoms with Crippen molar-refractivity contribution in [2.75, 3.05) is 30.8 Å². The van der Waals surface area contributed by atoms with Gasteiger partial charge in [-0.25, -0.2) is 9.97 Å². The minimum absolute atomic E-state index is 0.00401. The summed E-state index contributed by atoms with van der Waals surface area (Å²) in [6, 6.07) is 3.37. The second-order valence-electron chi connectivity index (χ2n) is 9.86. The fourth-order valence-corrected chi connectivity index (χ4v) is 4.36. The average molecular weight is 596 g/mol. The topological polar surface area (TPSA) is 103 Å². The van der Waals surface area contributed by atoms with Gasteiger partial charge in [-0.1, -0.05) is 39.7 Å². The standard InChI is InChI=1S/C25H27ClF3N5O3.C4H10/c1-14(3-4-21-15(2)36-7-8-37-21)23(35)34-6-5-20-19(13-34)22(33-24(26)32-20)31-12-16-9-17(25(27,28)29)11-18(30)10-16;1-3-4-2/h3-4,9-11,14H,5-8,12-13,30H2,1-2H3,(H,31,32,33);3-4H2,1-2H3/b4-3-;. The van der Waals surface area contributed by atoms with Crippen LogP contribution in [-0.2, 0) is 40.0 Å². The summed E-state index contributed by atoms with van der Waals surface area (Å²) in [6.07, 6.45) is 2.09. The summed E-state index contributed by atoms with van der Waals surface area (Å²) >= 11 is 6.10. The number of rotatable bonds is 7. The quantitative estimate of drug-likeness (QED) is 0.278. The number of nitrogen functional groups attached to an aromatic ring is 1. The van der Waals surface area contributed by atoms with Crippen LogP contribution in [0.15, 0.2) is 41.9 Å². The monoisotopic (exact) mass is 595 g/mol. The van der Waals surface area contributed by atoms with Gasteiger partial charge in [-0.05, 0) is 48.4 Å². The Morgan fingerprint density at radius 3 is 2.56 bits per heavy atom. The average Bonchev–Trinajstić information content (AvgIpc) is 2.94. The highest BCUT2D eigenvalue weighted by atomic mass is 35.5. The Hall–Kier alpha value is -3.47. The zero-order valence-electron chi connectivity index (χ0n) is 23.8. The molecular weight excluding hydrogens is 559 g/mol. The van der Waals surface area contributed by atoms with Crippen molar-refractivity contribution in [3.63, 3.8) is 0 Å². The first-order valence-corrected chi connectivity index (χ1v) is 14.0. The number of hydrogen-bond acceptors (Lipinski definition) is 7. The van der Waals surface area contributed by atoms with Crippen LogP contribution in [0.5, 0.6) is 0 Å². The number of nitrogens with one attached hydrogen (secondary N) is 1. The fourth-order valence-electron chi connectivity index (χ4n) is 4.17. The number of carbonyl (C=O) groups excluding carboxylic acids is 1. The van der Waals surface area contributed by atoms with Gasteiger partial charge >= 0.3 is 6.18 Å². The van der Waals surface area contributed by atoms with Crippen LogP contribution < -0.4 is 11.1 Å². The lowest BCUT2D eigenvalue weighted by Gasteiger charge is -2.31. The van der Waals surface area contributed by atoms with Gasteiger partial charge in [0.25, 0.3) is 0 Å². The molecule has 4 rings (SSSR count). The van der Waals surface area contributed by atoms with Crippen molar-refractivity contribution in [1.82, 2.24) is 14.9 Å². The molecule has 2 aromatic rings. The molecule has 0 saturated heterocycles. The number of halogens is 4. The first-order valence-electron chi connectivity index (χ1n) is 13.6. The third kappa shape index (κ3) is 9.01. The van der Waals surface area contributed by atoms with Crippen LogP contribution in [0.4, 0.5) is 24.7 Å². The van der Waals surface area contributed by atoms with Gasteiger partial charge in [-0.15, -0.1) is 0 Å². The number of fused-ring (bicyclic) bond motifs is 1. The van der Waals surface area contributed by atoms with Gasteiger partial charge in [-0.3, -0.25) is 4.79 Å². The van der Waals surface area contributed by atoms with Crippen LogP contribution >= 0.6 is 11.6 Å². The number of benzene rings is 1. The molecule has 1 aromatic heterocycles. The summed E-state index contributed by atoms with van der Waals surface area (Å²) in [6.45, 7) is 9.61. The van der Waals surface area contributed by atoms with Gasteiger partial charge in [-0.2, -0.15) is 13.2 Å². The largest absolute Gasteiger partial charge is 0.491 e. The van der Waals surface area contributed by atoms with Crippen LogP contribution in [0.25, 0.3) is 0 Å². The number of allylic oxidation sites excluding steroid dienone is 2. The number of aromatic nitrogens is 2. The molecule has 0 aliphatic carbocycles. The van der Waals surface area contributed by atoms with Crippen molar-refractivity contribution in [2.24, 2.45) is 5.92 Å². The van der Waals surface area contributed by atoms with Gasteiger partial charge in [0.05, 0.1) is 23.7 Å². The van der Waals surface area contributed by atoms with Gasteiger partial charge < -0.3 is 25.4 Å². The molecule has 12 heteroatoms. The Bertz CT molecular complexity index is 1280. The van der Waals surface area contributed by atoms with Crippen molar-refractivity contribution in [1.29, 1.82) is 0 Å². The highest BCUT2D eigenvalue weighted by molar-refractivity contribution is 6.28. The van der Waals surface area contributed by atoms with E-state index in [1.54, 1.807) is 30.9 Å². The zero-order chi connectivity index (χ0) is 30.2. The van der Waals surface area contributed by atoms with Crippen LogP contribution in [0.2, 0.25) is 5.28 Å².